The predicted molar refractivity (Wildman–Crippen MR) is 402 cm³/mol. The first-order valence-electron chi connectivity index (χ1n) is 42.2. The normalized spacial score (nSPS) is 26.8. The Morgan fingerprint density at radius 3 is 1.03 bits per heavy atom. The van der Waals surface area contributed by atoms with Crippen molar-refractivity contribution in [2.45, 2.75) is 459 Å². The van der Waals surface area contributed by atoms with Gasteiger partial charge in [0.05, 0.1) is 13.2 Å². The van der Waals surface area contributed by atoms with Crippen LogP contribution in [0.1, 0.15) is 355 Å². The Morgan fingerprint density at radius 2 is 0.667 bits per heavy atom. The molecule has 105 heavy (non-hydrogen) atoms. The number of carbonyl (C=O) groups is 3. The molecular weight excluding hydrogens is 1380 g/mol. The summed E-state index contributed by atoms with van der Waals surface area (Å²) in [5.74, 6) is -1.29. The Bertz CT molecular complexity index is 2170. The topological polar surface area (TPSA) is 374 Å². The van der Waals surface area contributed by atoms with E-state index in [1.165, 1.54) is 199 Å². The van der Waals surface area contributed by atoms with E-state index >= 15 is 0 Å². The third-order valence-electron chi connectivity index (χ3n) is 21.3. The number of rotatable bonds is 67. The van der Waals surface area contributed by atoms with Crippen LogP contribution in [0.4, 0.5) is 0 Å². The molecule has 0 spiro atoms. The fraction of sp³-hybridized carbons (Fsp3) is 0.963. The number of hydrogen-bond acceptors (Lipinski definition) is 23. The minimum absolute atomic E-state index is 0.0340. The minimum Gasteiger partial charge on any atom is -0.463 e. The molecule has 24 nitrogen and oxygen atoms in total. The van der Waals surface area contributed by atoms with Gasteiger partial charge >= 0.3 is 25.7 Å². The van der Waals surface area contributed by atoms with Crippen LogP contribution in [-0.2, 0) is 61.2 Å². The van der Waals surface area contributed by atoms with Gasteiger partial charge in [-0.1, -0.05) is 317 Å². The van der Waals surface area contributed by atoms with Crippen molar-refractivity contribution in [1.29, 1.82) is 0 Å². The molecule has 2 saturated heterocycles. The molecule has 3 aliphatic rings. The third-order valence-corrected chi connectivity index (χ3v) is 22.3. The van der Waals surface area contributed by atoms with E-state index in [1.54, 1.807) is 0 Å². The zero-order valence-corrected chi connectivity index (χ0v) is 66.4. The maximum Gasteiger partial charge on any atom is 0.472 e. The highest BCUT2D eigenvalue weighted by Gasteiger charge is 2.58. The number of esters is 3. The predicted octanol–water partition coefficient (Wildman–Crippen LogP) is 13.6. The summed E-state index contributed by atoms with van der Waals surface area (Å²) in [6, 6.07) is 0. The molecule has 3 rings (SSSR count). The van der Waals surface area contributed by atoms with Crippen LogP contribution < -0.4 is 0 Å². The number of phosphoric ester groups is 1. The third kappa shape index (κ3) is 43.0. The maximum absolute atomic E-state index is 14.4. The summed E-state index contributed by atoms with van der Waals surface area (Å²) in [5, 5.41) is 110. The lowest BCUT2D eigenvalue weighted by Gasteiger charge is -2.49. The van der Waals surface area contributed by atoms with Crippen molar-refractivity contribution in [1.82, 2.24) is 0 Å². The molecule has 0 aromatic heterocycles. The molecule has 0 amide bonds. The van der Waals surface area contributed by atoms with Gasteiger partial charge in [0.15, 0.2) is 18.7 Å². The molecule has 0 radical (unpaired) electrons. The minimum atomic E-state index is -5.70. The molecule has 19 atom stereocenters. The summed E-state index contributed by atoms with van der Waals surface area (Å²) in [7, 11) is -5.70. The smallest absolute Gasteiger partial charge is 0.463 e. The highest BCUT2D eigenvalue weighted by atomic mass is 31.2. The van der Waals surface area contributed by atoms with E-state index in [-0.39, 0.29) is 19.3 Å². The monoisotopic (exact) mass is 1530 g/mol. The molecule has 1 aliphatic carbocycles. The maximum atomic E-state index is 14.4. The van der Waals surface area contributed by atoms with Gasteiger partial charge in [-0.15, -0.1) is 0 Å². The molecule has 25 heteroatoms. The molecule has 2 aliphatic heterocycles. The van der Waals surface area contributed by atoms with E-state index in [2.05, 4.69) is 27.7 Å². The van der Waals surface area contributed by atoms with E-state index in [0.717, 1.165) is 89.9 Å². The lowest BCUT2D eigenvalue weighted by Crippen LogP contribution is -2.69. The lowest BCUT2D eigenvalue weighted by molar-refractivity contribution is -0.360. The van der Waals surface area contributed by atoms with Gasteiger partial charge in [-0.3, -0.25) is 23.4 Å². The molecule has 11 N–H and O–H groups in total. The van der Waals surface area contributed by atoms with Gasteiger partial charge in [0, 0.05) is 19.3 Å². The van der Waals surface area contributed by atoms with Gasteiger partial charge in [-0.2, -0.15) is 0 Å². The Hall–Kier alpha value is -2.04. The van der Waals surface area contributed by atoms with Crippen LogP contribution in [0, 0.1) is 5.92 Å². The Balaban J connectivity index is 1.69. The van der Waals surface area contributed by atoms with Crippen LogP contribution in [0.25, 0.3) is 0 Å². The van der Waals surface area contributed by atoms with Gasteiger partial charge in [-0.05, 0) is 25.2 Å². The van der Waals surface area contributed by atoms with E-state index in [9.17, 15) is 74.9 Å². The SMILES string of the molecule is CCCCCCCCCCCCCCCCCCCC(=O)OCC(COP(=O)(O)OC1C(OC2OC(CO)C(O)C(O)C2O)C(O)C(O)C(O)C1OC1OC(COC(=O)CCCCCCCCCCCCCCCCCCC)C(O)C(O)C1O)OC(=O)CCCCCCCCC(C)CCCCCCCC. The molecule has 1 saturated carbocycles. The van der Waals surface area contributed by atoms with E-state index in [4.69, 9.17) is 42.2 Å². The number of hydrogen-bond donors (Lipinski definition) is 11. The van der Waals surface area contributed by atoms with Crippen LogP contribution in [-0.4, -0.2) is 204 Å². The van der Waals surface area contributed by atoms with Gasteiger partial charge < -0.3 is 89.1 Å². The highest BCUT2D eigenvalue weighted by Crippen LogP contribution is 2.49. The Kier molecular flexibility index (Phi) is 56.1. The molecule has 19 unspecified atom stereocenters. The van der Waals surface area contributed by atoms with Gasteiger partial charge in [0.1, 0.15) is 98.7 Å². The Morgan fingerprint density at radius 1 is 0.362 bits per heavy atom. The second-order valence-corrected chi connectivity index (χ2v) is 32.2. The Labute approximate surface area is 631 Å². The second-order valence-electron chi connectivity index (χ2n) is 30.8. The van der Waals surface area contributed by atoms with Crippen molar-refractivity contribution in [3.05, 3.63) is 0 Å². The summed E-state index contributed by atoms with van der Waals surface area (Å²) in [6.07, 6.45) is 19.9. The van der Waals surface area contributed by atoms with Gasteiger partial charge in [0.2, 0.25) is 0 Å². The van der Waals surface area contributed by atoms with Crippen molar-refractivity contribution in [2.24, 2.45) is 5.92 Å². The second kappa shape index (κ2) is 60.6. The van der Waals surface area contributed by atoms with Crippen LogP contribution in [0.2, 0.25) is 0 Å². The molecule has 2 heterocycles. The number of carbonyl (C=O) groups excluding carboxylic acids is 3. The van der Waals surface area contributed by atoms with Crippen molar-refractivity contribution >= 4 is 25.7 Å². The van der Waals surface area contributed by atoms with Crippen LogP contribution in [0.3, 0.4) is 0 Å². The molecule has 620 valence electrons. The first-order chi connectivity index (χ1) is 50.7. The molecule has 0 aromatic carbocycles. The summed E-state index contributed by atoms with van der Waals surface area (Å²) < 4.78 is 65.4. The average Bonchev–Trinajstić information content (AvgIpc) is 0.761. The first kappa shape index (κ1) is 97.2. The summed E-state index contributed by atoms with van der Waals surface area (Å²) >= 11 is 0. The molecule has 0 bridgehead atoms. The largest absolute Gasteiger partial charge is 0.472 e. The van der Waals surface area contributed by atoms with Crippen molar-refractivity contribution in [3.63, 3.8) is 0 Å². The van der Waals surface area contributed by atoms with Crippen molar-refractivity contribution in [3.8, 4) is 0 Å². The molecular formula is C80H151O24P. The average molecular weight is 1530 g/mol. The van der Waals surface area contributed by atoms with E-state index in [1.807, 2.05) is 0 Å². The summed E-state index contributed by atoms with van der Waals surface area (Å²) in [5.41, 5.74) is 0. The molecule has 3 fully saturated rings. The fourth-order valence-corrected chi connectivity index (χ4v) is 15.3. The first-order valence-corrected chi connectivity index (χ1v) is 43.7. The number of aliphatic hydroxyl groups excluding tert-OH is 10. The zero-order chi connectivity index (χ0) is 76.9. The number of unbranched alkanes of at least 4 members (excludes halogenated alkanes) is 42. The fourth-order valence-electron chi connectivity index (χ4n) is 14.4. The van der Waals surface area contributed by atoms with Crippen molar-refractivity contribution < 1.29 is 117 Å². The highest BCUT2D eigenvalue weighted by molar-refractivity contribution is 7.47. The van der Waals surface area contributed by atoms with Crippen LogP contribution in [0.5, 0.6) is 0 Å². The number of aliphatic hydroxyl groups is 10. The van der Waals surface area contributed by atoms with Gasteiger partial charge in [0.25, 0.3) is 0 Å². The number of ether oxygens (including phenoxy) is 7. The van der Waals surface area contributed by atoms with Crippen molar-refractivity contribution in [2.75, 3.05) is 26.4 Å². The molecule has 0 aromatic rings. The number of phosphoric acid groups is 1. The summed E-state index contributed by atoms with van der Waals surface area (Å²) in [4.78, 5) is 51.3. The van der Waals surface area contributed by atoms with E-state index < -0.39 is 156 Å². The van der Waals surface area contributed by atoms with Crippen LogP contribution in [0.15, 0.2) is 0 Å². The zero-order valence-electron chi connectivity index (χ0n) is 65.5. The standard InChI is InChI=1S/C80H151O24P/c1-5-8-11-14-17-19-21-23-25-27-29-31-33-35-37-43-48-53-64(82)96-57-61(99-66(84)55-50-45-40-39-42-47-52-60(4)51-46-41-16-13-10-7-3)58-98-105(94,95)104-78-76(102-79-74(92)69(87)67(85)62(56-81)100-79)72(90)71(89)73(91)77(78)103-80-75(93)70(88)68(86)63(101-80)59-97-65(83)54-49-44-38-36-34-32-30-28-26-24-22-20-18-15-12-9-6-2/h60-63,67-81,85-93H,5-59H2,1-4H3,(H,94,95). The quantitative estimate of drug-likeness (QED) is 0.0117. The summed E-state index contributed by atoms with van der Waals surface area (Å²) in [6.45, 7) is 5.85. The van der Waals surface area contributed by atoms with Gasteiger partial charge in [-0.25, -0.2) is 4.57 Å². The van der Waals surface area contributed by atoms with E-state index in [0.29, 0.717) is 25.2 Å². The lowest BCUT2D eigenvalue weighted by atomic mass is 9.84. The van der Waals surface area contributed by atoms with Crippen LogP contribution >= 0.6 is 7.82 Å².